The molecule has 1 aliphatic carbocycles. The number of methoxy groups -OCH3 is 2. The summed E-state index contributed by atoms with van der Waals surface area (Å²) >= 11 is 0. The molecule has 0 aromatic rings. The summed E-state index contributed by atoms with van der Waals surface area (Å²) in [5.41, 5.74) is -1.10. The Balaban J connectivity index is 3.04. The van der Waals surface area contributed by atoms with E-state index in [0.29, 0.717) is 29.7 Å². The molecule has 0 saturated heterocycles. The van der Waals surface area contributed by atoms with Crippen molar-refractivity contribution in [2.24, 2.45) is 17.3 Å². The molecule has 22 heavy (non-hydrogen) atoms. The van der Waals surface area contributed by atoms with Crippen molar-refractivity contribution in [2.45, 2.75) is 64.7 Å². The number of carbonyl (C=O) groups excluding carboxylic acids is 2. The first-order valence-electron chi connectivity index (χ1n) is 8.08. The van der Waals surface area contributed by atoms with Crippen molar-refractivity contribution < 1.29 is 19.1 Å². The molecule has 0 N–H and O–H groups in total. The zero-order chi connectivity index (χ0) is 17.3. The van der Waals surface area contributed by atoms with Crippen LogP contribution in [-0.2, 0) is 19.1 Å². The minimum atomic E-state index is -1.47. The number of carbonyl (C=O) groups is 2. The Morgan fingerprint density at radius 3 is 1.91 bits per heavy atom. The largest absolute Gasteiger partial charge is 0.468 e. The lowest BCUT2D eigenvalue weighted by atomic mass is 9.85. The monoisotopic (exact) mass is 328 g/mol. The Hall–Kier alpha value is -0.843. The van der Waals surface area contributed by atoms with Gasteiger partial charge in [-0.3, -0.25) is 9.59 Å². The van der Waals surface area contributed by atoms with E-state index < -0.39 is 25.4 Å². The summed E-state index contributed by atoms with van der Waals surface area (Å²) in [5, 5.41) is 0.300. The molecule has 0 heterocycles. The lowest BCUT2D eigenvalue weighted by Gasteiger charge is -2.39. The maximum Gasteiger partial charge on any atom is 0.323 e. The molecule has 0 spiro atoms. The Kier molecular flexibility index (Phi) is 5.53. The molecule has 0 aromatic heterocycles. The van der Waals surface area contributed by atoms with Crippen molar-refractivity contribution in [3.05, 3.63) is 0 Å². The molecule has 5 heteroatoms. The lowest BCUT2D eigenvalue weighted by molar-refractivity contribution is -0.169. The quantitative estimate of drug-likeness (QED) is 0.446. The normalized spacial score (nSPS) is 24.9. The van der Waals surface area contributed by atoms with Crippen LogP contribution in [0.1, 0.15) is 40.5 Å². The molecule has 4 nitrogen and oxygen atoms in total. The number of hydrogen-bond donors (Lipinski definition) is 0. The van der Waals surface area contributed by atoms with E-state index in [1.54, 1.807) is 0 Å². The molecular weight excluding hydrogens is 296 g/mol. The molecular formula is C17H32O4Si. The summed E-state index contributed by atoms with van der Waals surface area (Å²) in [7, 11) is 1.22. The van der Waals surface area contributed by atoms with Gasteiger partial charge >= 0.3 is 11.9 Å². The topological polar surface area (TPSA) is 52.6 Å². The number of rotatable bonds is 4. The van der Waals surface area contributed by atoms with Gasteiger partial charge in [0.1, 0.15) is 0 Å². The lowest BCUT2D eigenvalue weighted by Crippen LogP contribution is -2.41. The maximum atomic E-state index is 12.3. The van der Waals surface area contributed by atoms with Crippen LogP contribution in [-0.4, -0.2) is 34.2 Å². The molecule has 1 saturated carbocycles. The van der Waals surface area contributed by atoms with E-state index in [4.69, 9.17) is 9.47 Å². The van der Waals surface area contributed by atoms with Gasteiger partial charge in [0.15, 0.2) is 5.41 Å². The van der Waals surface area contributed by atoms with Gasteiger partial charge in [-0.15, -0.1) is 0 Å². The van der Waals surface area contributed by atoms with Gasteiger partial charge in [0.05, 0.1) is 22.3 Å². The van der Waals surface area contributed by atoms with E-state index >= 15 is 0 Å². The van der Waals surface area contributed by atoms with Crippen molar-refractivity contribution in [1.82, 2.24) is 0 Å². The Labute approximate surface area is 136 Å². The summed E-state index contributed by atoms with van der Waals surface area (Å²) in [6.45, 7) is 13.8. The van der Waals surface area contributed by atoms with Gasteiger partial charge in [0.2, 0.25) is 0 Å². The molecule has 0 bridgehead atoms. The smallest absolute Gasteiger partial charge is 0.323 e. The summed E-state index contributed by atoms with van der Waals surface area (Å²) in [5.74, 6) is -0.181. The minimum Gasteiger partial charge on any atom is -0.468 e. The summed E-state index contributed by atoms with van der Waals surface area (Å²) < 4.78 is 9.85. The van der Waals surface area contributed by atoms with Crippen LogP contribution in [0.4, 0.5) is 0 Å². The third-order valence-corrected chi connectivity index (χ3v) is 11.6. The van der Waals surface area contributed by atoms with E-state index in [1.807, 2.05) is 0 Å². The highest BCUT2D eigenvalue weighted by molar-refractivity contribution is 6.80. The molecule has 1 rings (SSSR count). The van der Waals surface area contributed by atoms with E-state index in [1.165, 1.54) is 14.2 Å². The van der Waals surface area contributed by atoms with Gasteiger partial charge in [-0.05, 0) is 29.7 Å². The Bertz CT molecular complexity index is 420. The van der Waals surface area contributed by atoms with Gasteiger partial charge in [-0.2, -0.15) is 0 Å². The van der Waals surface area contributed by atoms with Crippen LogP contribution >= 0.6 is 0 Å². The van der Waals surface area contributed by atoms with E-state index in [2.05, 4.69) is 40.8 Å². The summed E-state index contributed by atoms with van der Waals surface area (Å²) in [4.78, 5) is 24.6. The first kappa shape index (κ1) is 19.2. The highest BCUT2D eigenvalue weighted by Crippen LogP contribution is 2.52. The first-order chi connectivity index (χ1) is 9.91. The van der Waals surface area contributed by atoms with Crippen molar-refractivity contribution >= 4 is 20.0 Å². The maximum absolute atomic E-state index is 12.3. The zero-order valence-electron chi connectivity index (χ0n) is 15.4. The van der Waals surface area contributed by atoms with Crippen LogP contribution in [0.2, 0.25) is 24.2 Å². The minimum absolute atomic E-state index is 0.300. The van der Waals surface area contributed by atoms with Crippen molar-refractivity contribution in [3.63, 3.8) is 0 Å². The highest BCUT2D eigenvalue weighted by atomic mass is 28.3. The van der Waals surface area contributed by atoms with Gasteiger partial charge in [0.25, 0.3) is 0 Å². The molecule has 0 aliphatic heterocycles. The predicted octanol–water partition coefficient (Wildman–Crippen LogP) is 3.87. The van der Waals surface area contributed by atoms with Crippen LogP contribution in [0.15, 0.2) is 0 Å². The van der Waals surface area contributed by atoms with E-state index in [-0.39, 0.29) is 0 Å². The second-order valence-electron chi connectivity index (χ2n) is 8.55. The van der Waals surface area contributed by atoms with Gasteiger partial charge < -0.3 is 9.47 Å². The van der Waals surface area contributed by atoms with Crippen LogP contribution in [0.5, 0.6) is 0 Å². The fourth-order valence-corrected chi connectivity index (χ4v) is 5.96. The van der Waals surface area contributed by atoms with Crippen LogP contribution in [0.25, 0.3) is 0 Å². The second kappa shape index (κ2) is 6.34. The fourth-order valence-electron chi connectivity index (χ4n) is 3.49. The summed E-state index contributed by atoms with van der Waals surface area (Å²) in [6.07, 6.45) is 1.09. The van der Waals surface area contributed by atoms with Gasteiger partial charge in [-0.25, -0.2) is 0 Å². The highest BCUT2D eigenvalue weighted by Gasteiger charge is 2.57. The average Bonchev–Trinajstić information content (AvgIpc) is 2.73. The standard InChI is InChI=1S/C17H32O4Si/c1-12-9-17(14(18)20-5,15(19)21-6)10-13(12)11-22(7,8)16(2,3)4/h12-13H,9-11H2,1-8H3/t12-,13-/m1/s1. The first-order valence-corrected chi connectivity index (χ1v) is 11.3. The van der Waals surface area contributed by atoms with E-state index in [9.17, 15) is 9.59 Å². The molecule has 128 valence electrons. The van der Waals surface area contributed by atoms with Crippen LogP contribution in [0.3, 0.4) is 0 Å². The second-order valence-corrected chi connectivity index (χ2v) is 14.2. The number of ether oxygens (including phenoxy) is 2. The Morgan fingerprint density at radius 1 is 1.09 bits per heavy atom. The molecule has 0 aromatic carbocycles. The SMILES string of the molecule is COC(=O)C1(C(=O)OC)C[C@H](C[Si](C)(C)C(C)(C)C)[C@H](C)C1. The van der Waals surface area contributed by atoms with Crippen LogP contribution in [0, 0.1) is 17.3 Å². The van der Waals surface area contributed by atoms with Crippen LogP contribution < -0.4 is 0 Å². The number of hydrogen-bond acceptors (Lipinski definition) is 4. The zero-order valence-corrected chi connectivity index (χ0v) is 16.4. The molecule has 1 aliphatic rings. The van der Waals surface area contributed by atoms with Crippen molar-refractivity contribution in [2.75, 3.05) is 14.2 Å². The molecule has 1 fully saturated rings. The fraction of sp³-hybridized carbons (Fsp3) is 0.882. The Morgan fingerprint density at radius 2 is 1.55 bits per heavy atom. The summed E-state index contributed by atoms with van der Waals surface area (Å²) in [6, 6.07) is 1.12. The number of esters is 2. The van der Waals surface area contributed by atoms with Gasteiger partial charge in [-0.1, -0.05) is 46.8 Å². The van der Waals surface area contributed by atoms with E-state index in [0.717, 1.165) is 6.04 Å². The molecule has 2 atom stereocenters. The molecule has 0 unspecified atom stereocenters. The van der Waals surface area contributed by atoms with Crippen molar-refractivity contribution in [3.8, 4) is 0 Å². The van der Waals surface area contributed by atoms with Gasteiger partial charge in [0, 0.05) is 0 Å². The predicted molar refractivity (Wildman–Crippen MR) is 90.4 cm³/mol. The third-order valence-electron chi connectivity index (χ3n) is 6.04. The molecule has 0 radical (unpaired) electrons. The average molecular weight is 329 g/mol. The molecule has 0 amide bonds. The third kappa shape index (κ3) is 3.39. The van der Waals surface area contributed by atoms with Crippen molar-refractivity contribution in [1.29, 1.82) is 0 Å².